The van der Waals surface area contributed by atoms with Gasteiger partial charge in [0.15, 0.2) is 0 Å². The van der Waals surface area contributed by atoms with Gasteiger partial charge in [-0.1, -0.05) is 29.3 Å². The summed E-state index contributed by atoms with van der Waals surface area (Å²) in [5, 5.41) is 7.60. The van der Waals surface area contributed by atoms with Crippen LogP contribution in [0.4, 0.5) is 11.4 Å². The Morgan fingerprint density at radius 3 is 2.45 bits per heavy atom. The van der Waals surface area contributed by atoms with Gasteiger partial charge >= 0.3 is 11.8 Å². The van der Waals surface area contributed by atoms with Crippen LogP contribution in [0.5, 0.6) is 0 Å². The maximum Gasteiger partial charge on any atom is 0.502 e. The Kier molecular flexibility index (Phi) is 5.02. The van der Waals surface area contributed by atoms with E-state index in [0.717, 1.165) is 15.9 Å². The maximum absolute atomic E-state index is 12.5. The number of aryl methyl sites for hydroxylation is 1. The van der Waals surface area contributed by atoms with E-state index < -0.39 is 24.0 Å². The van der Waals surface area contributed by atoms with Gasteiger partial charge in [-0.2, -0.15) is 0 Å². The molecule has 2 aromatic carbocycles. The fraction of sp³-hybridized carbons (Fsp3) is 0.250. The Hall–Kier alpha value is -3.26. The predicted molar refractivity (Wildman–Crippen MR) is 107 cm³/mol. The summed E-state index contributed by atoms with van der Waals surface area (Å²) in [5.41, 5.74) is 2.57. The Bertz CT molecular complexity index is 1000. The minimum atomic E-state index is -0.807. The Balaban J connectivity index is 1.54. The monoisotopic (exact) mass is 412 g/mol. The van der Waals surface area contributed by atoms with Gasteiger partial charge in [0.2, 0.25) is 0 Å². The SMILES string of the molecule is Cc1ccc(N2CCN3C(=O)C(=O)[N+](CC(=O)Nc4ccc(Cl)cc4)=NC32)cc1. The highest BCUT2D eigenvalue weighted by atomic mass is 35.5. The largest absolute Gasteiger partial charge is 0.502 e. The molecule has 1 atom stereocenters. The number of benzene rings is 2. The molecule has 0 saturated carbocycles. The number of hydrogen-bond acceptors (Lipinski definition) is 5. The summed E-state index contributed by atoms with van der Waals surface area (Å²) < 4.78 is 0.946. The van der Waals surface area contributed by atoms with Crippen LogP contribution in [-0.4, -0.2) is 53.2 Å². The molecule has 3 amide bonds. The second-order valence-corrected chi connectivity index (χ2v) is 7.34. The van der Waals surface area contributed by atoms with Gasteiger partial charge in [0, 0.05) is 34.6 Å². The fourth-order valence-corrected chi connectivity index (χ4v) is 3.46. The molecule has 0 aromatic heterocycles. The van der Waals surface area contributed by atoms with Crippen molar-refractivity contribution in [1.82, 2.24) is 4.90 Å². The fourth-order valence-electron chi connectivity index (χ4n) is 3.34. The van der Waals surface area contributed by atoms with Crippen molar-refractivity contribution in [2.75, 3.05) is 29.9 Å². The first-order valence-corrected chi connectivity index (χ1v) is 9.52. The Morgan fingerprint density at radius 1 is 1.10 bits per heavy atom. The third-order valence-corrected chi connectivity index (χ3v) is 5.10. The molecule has 148 valence electrons. The molecule has 8 nitrogen and oxygen atoms in total. The normalized spacial score (nSPS) is 18.6. The predicted octanol–water partition coefficient (Wildman–Crippen LogP) is 2.22. The van der Waals surface area contributed by atoms with Crippen molar-refractivity contribution in [2.24, 2.45) is 5.11 Å². The summed E-state index contributed by atoms with van der Waals surface area (Å²) in [4.78, 5) is 40.7. The minimum absolute atomic E-state index is 0.348. The van der Waals surface area contributed by atoms with E-state index in [-0.39, 0.29) is 6.54 Å². The van der Waals surface area contributed by atoms with Gasteiger partial charge in [-0.05, 0) is 48.0 Å². The number of halogens is 1. The molecule has 1 N–H and O–H groups in total. The van der Waals surface area contributed by atoms with E-state index in [2.05, 4.69) is 10.4 Å². The summed E-state index contributed by atoms with van der Waals surface area (Å²) in [5.74, 6) is -1.91. The number of carbonyl (C=O) groups is 3. The van der Waals surface area contributed by atoms with E-state index in [9.17, 15) is 14.4 Å². The van der Waals surface area contributed by atoms with Crippen LogP contribution in [0.25, 0.3) is 0 Å². The first-order chi connectivity index (χ1) is 13.9. The quantitative estimate of drug-likeness (QED) is 0.616. The summed E-state index contributed by atoms with van der Waals surface area (Å²) in [6, 6.07) is 14.5. The molecule has 0 radical (unpaired) electrons. The zero-order valence-corrected chi connectivity index (χ0v) is 16.5. The van der Waals surface area contributed by atoms with Gasteiger partial charge in [-0.3, -0.25) is 14.5 Å². The molecule has 29 heavy (non-hydrogen) atoms. The van der Waals surface area contributed by atoms with Crippen LogP contribution < -0.4 is 10.2 Å². The van der Waals surface area contributed by atoms with E-state index in [4.69, 9.17) is 11.6 Å². The number of hydrogen-bond donors (Lipinski definition) is 1. The van der Waals surface area contributed by atoms with E-state index in [1.165, 1.54) is 4.90 Å². The van der Waals surface area contributed by atoms with Crippen LogP contribution in [0.2, 0.25) is 5.02 Å². The molecule has 9 heteroatoms. The molecule has 1 saturated heterocycles. The summed E-state index contributed by atoms with van der Waals surface area (Å²) in [7, 11) is 0. The van der Waals surface area contributed by atoms with Crippen molar-refractivity contribution in [3.63, 3.8) is 0 Å². The van der Waals surface area contributed by atoms with Gasteiger partial charge in [0.1, 0.15) is 0 Å². The highest BCUT2D eigenvalue weighted by molar-refractivity contribution is 6.32. The lowest BCUT2D eigenvalue weighted by molar-refractivity contribution is -0.509. The molecule has 0 aliphatic carbocycles. The number of fused-ring (bicyclic) bond motifs is 1. The molecule has 2 aromatic rings. The minimum Gasteiger partial charge on any atom is -0.326 e. The first kappa shape index (κ1) is 19.1. The standard InChI is InChI=1S/C20H18ClN5O3/c1-13-2-8-16(9-3-13)24-10-11-25-18(28)19(29)26(23-20(24)25)12-17(27)22-15-6-4-14(21)5-7-15/h2-9,20H,10-12H2,1H3/p+1. The smallest absolute Gasteiger partial charge is 0.326 e. The summed E-state index contributed by atoms with van der Waals surface area (Å²) >= 11 is 5.84. The summed E-state index contributed by atoms with van der Waals surface area (Å²) in [6.45, 7) is 2.60. The number of nitrogens with one attached hydrogen (secondary N) is 1. The number of carbonyl (C=O) groups excluding carboxylic acids is 3. The lowest BCUT2D eigenvalue weighted by Crippen LogP contribution is -2.52. The van der Waals surface area contributed by atoms with Crippen LogP contribution in [0.1, 0.15) is 5.56 Å². The van der Waals surface area contributed by atoms with Crippen LogP contribution in [0.3, 0.4) is 0 Å². The van der Waals surface area contributed by atoms with Crippen molar-refractivity contribution in [3.05, 3.63) is 59.1 Å². The number of azo groups is 2. The molecule has 0 bridgehead atoms. The lowest BCUT2D eigenvalue weighted by Gasteiger charge is -2.27. The Morgan fingerprint density at radius 2 is 1.76 bits per heavy atom. The molecule has 1 fully saturated rings. The zero-order valence-electron chi connectivity index (χ0n) is 15.7. The van der Waals surface area contributed by atoms with E-state index in [1.807, 2.05) is 36.1 Å². The van der Waals surface area contributed by atoms with E-state index in [0.29, 0.717) is 23.8 Å². The molecule has 2 aliphatic rings. The van der Waals surface area contributed by atoms with E-state index in [1.54, 1.807) is 24.3 Å². The van der Waals surface area contributed by atoms with Crippen molar-refractivity contribution in [1.29, 1.82) is 0 Å². The van der Waals surface area contributed by atoms with Crippen LogP contribution in [0, 0.1) is 6.92 Å². The molecule has 1 unspecified atom stereocenters. The van der Waals surface area contributed by atoms with E-state index >= 15 is 0 Å². The van der Waals surface area contributed by atoms with Crippen molar-refractivity contribution in [2.45, 2.75) is 13.2 Å². The molecule has 0 spiro atoms. The lowest BCUT2D eigenvalue weighted by atomic mass is 10.2. The second kappa shape index (κ2) is 7.63. The molecule has 2 heterocycles. The Labute approximate surface area is 172 Å². The highest BCUT2D eigenvalue weighted by Gasteiger charge is 2.49. The van der Waals surface area contributed by atoms with Gasteiger partial charge in [0.05, 0.1) is 0 Å². The molecular weight excluding hydrogens is 394 g/mol. The number of amides is 3. The first-order valence-electron chi connectivity index (χ1n) is 9.14. The maximum atomic E-state index is 12.5. The van der Waals surface area contributed by atoms with Gasteiger partial charge in [-0.25, -0.2) is 4.79 Å². The third kappa shape index (κ3) is 3.84. The van der Waals surface area contributed by atoms with Crippen LogP contribution in [0.15, 0.2) is 53.6 Å². The molecular formula is C20H19ClN5O3+. The van der Waals surface area contributed by atoms with Crippen LogP contribution in [-0.2, 0) is 14.4 Å². The second-order valence-electron chi connectivity index (χ2n) is 6.91. The van der Waals surface area contributed by atoms with Crippen LogP contribution >= 0.6 is 11.6 Å². The van der Waals surface area contributed by atoms with Crippen molar-refractivity contribution < 1.29 is 19.1 Å². The summed E-state index contributed by atoms with van der Waals surface area (Å²) in [6.07, 6.45) is -0.647. The van der Waals surface area contributed by atoms with Crippen molar-refractivity contribution >= 4 is 40.7 Å². The zero-order chi connectivity index (χ0) is 20.5. The number of nitrogens with zero attached hydrogens (tertiary/aromatic N) is 4. The average Bonchev–Trinajstić information content (AvgIpc) is 3.12. The topological polar surface area (TPSA) is 85.1 Å². The van der Waals surface area contributed by atoms with Gasteiger partial charge in [-0.15, -0.1) is 0 Å². The average molecular weight is 413 g/mol. The van der Waals surface area contributed by atoms with Gasteiger partial charge in [0.25, 0.3) is 18.7 Å². The third-order valence-electron chi connectivity index (χ3n) is 4.85. The highest BCUT2D eigenvalue weighted by Crippen LogP contribution is 2.27. The van der Waals surface area contributed by atoms with Crippen molar-refractivity contribution in [3.8, 4) is 0 Å². The molecule has 2 aliphatic heterocycles. The van der Waals surface area contributed by atoms with Gasteiger partial charge < -0.3 is 10.2 Å². The molecule has 4 rings (SSSR count). The number of anilines is 2. The number of rotatable bonds is 4.